The van der Waals surface area contributed by atoms with Gasteiger partial charge in [0.1, 0.15) is 7.05 Å². The van der Waals surface area contributed by atoms with Crippen molar-refractivity contribution in [3.63, 3.8) is 0 Å². The van der Waals surface area contributed by atoms with Gasteiger partial charge in [0.25, 0.3) is 0 Å². The van der Waals surface area contributed by atoms with Crippen molar-refractivity contribution in [2.75, 3.05) is 18.0 Å². The first kappa shape index (κ1) is 28.1. The largest absolute Gasteiger partial charge is 0.372 e. The molecule has 37 heavy (non-hydrogen) atoms. The molecule has 0 unspecified atom stereocenters. The number of aromatic nitrogens is 1. The van der Waals surface area contributed by atoms with Gasteiger partial charge >= 0.3 is 0 Å². The summed E-state index contributed by atoms with van der Waals surface area (Å²) in [6.07, 6.45) is 4.41. The lowest BCUT2D eigenvalue weighted by Crippen LogP contribution is -2.68. The third-order valence-corrected chi connectivity index (χ3v) is 5.96. The van der Waals surface area contributed by atoms with E-state index in [0.29, 0.717) is 0 Å². The summed E-state index contributed by atoms with van der Waals surface area (Å²) in [5.74, 6) is 0. The Kier molecular flexibility index (Phi) is 9.97. The maximum atomic E-state index is 8.49. The van der Waals surface area contributed by atoms with Crippen LogP contribution >= 0.6 is 0 Å². The van der Waals surface area contributed by atoms with E-state index in [1.54, 1.807) is 0 Å². The lowest BCUT2D eigenvalue weighted by atomic mass is 10.0. The summed E-state index contributed by atoms with van der Waals surface area (Å²) in [7, 11) is -2.80. The highest BCUT2D eigenvalue weighted by molar-refractivity contribution is 5.74. The fourth-order valence-corrected chi connectivity index (χ4v) is 4.13. The second-order valence-electron chi connectivity index (χ2n) is 8.33. The first-order valence-electron chi connectivity index (χ1n) is 12.0. The first-order valence-corrected chi connectivity index (χ1v) is 13.2. The number of halogens is 1. The molecule has 4 rings (SSSR count). The van der Waals surface area contributed by atoms with Crippen molar-refractivity contribution in [2.45, 2.75) is 13.8 Å². The topological polar surface area (TPSA) is 99.4 Å². The first-order chi connectivity index (χ1) is 17.7. The molecular formula is C30H31ClN2O4. The summed E-state index contributed by atoms with van der Waals surface area (Å²) >= 11 is 0. The van der Waals surface area contributed by atoms with E-state index < -0.39 is 10.2 Å². The average Bonchev–Trinajstić information content (AvgIpc) is 2.89. The van der Waals surface area contributed by atoms with Gasteiger partial charge in [-0.2, -0.15) is 4.57 Å². The van der Waals surface area contributed by atoms with Gasteiger partial charge in [-0.05, 0) is 61.4 Å². The SMILES string of the molecule is CCN(CC)c1ccc(/C=C/c2cc(-c3ccccc3)[n+](C)c(-c3ccccc3)c2)cc1.[O-][Cl+3]([O-])([O-])[O-]. The molecule has 6 nitrogen and oxygen atoms in total. The van der Waals surface area contributed by atoms with E-state index >= 15 is 0 Å². The van der Waals surface area contributed by atoms with E-state index in [2.05, 4.69) is 140 Å². The molecule has 0 saturated carbocycles. The predicted molar refractivity (Wildman–Crippen MR) is 137 cm³/mol. The van der Waals surface area contributed by atoms with E-state index in [1.807, 2.05) is 0 Å². The Hall–Kier alpha value is -3.52. The van der Waals surface area contributed by atoms with Crippen molar-refractivity contribution in [1.82, 2.24) is 0 Å². The summed E-state index contributed by atoms with van der Waals surface area (Å²) in [5.41, 5.74) is 8.49. The molecule has 0 aliphatic carbocycles. The number of rotatable bonds is 7. The second-order valence-corrected chi connectivity index (χ2v) is 9.08. The highest BCUT2D eigenvalue weighted by Crippen LogP contribution is 2.24. The highest BCUT2D eigenvalue weighted by Gasteiger charge is 2.17. The molecule has 0 aliphatic rings. The Labute approximate surface area is 220 Å². The van der Waals surface area contributed by atoms with Crippen molar-refractivity contribution in [2.24, 2.45) is 7.05 Å². The Morgan fingerprint density at radius 2 is 1.05 bits per heavy atom. The Bertz CT molecular complexity index is 1220. The van der Waals surface area contributed by atoms with E-state index in [-0.39, 0.29) is 0 Å². The molecule has 0 N–H and O–H groups in total. The van der Waals surface area contributed by atoms with Gasteiger partial charge in [-0.1, -0.05) is 60.7 Å². The highest BCUT2D eigenvalue weighted by atomic mass is 35.7. The van der Waals surface area contributed by atoms with E-state index in [1.165, 1.54) is 39.3 Å². The van der Waals surface area contributed by atoms with Crippen molar-refractivity contribution in [1.29, 1.82) is 0 Å². The lowest BCUT2D eigenvalue weighted by molar-refractivity contribution is -2.00. The fraction of sp³-hybridized carbons (Fsp3) is 0.167. The average molecular weight is 519 g/mol. The zero-order valence-electron chi connectivity index (χ0n) is 21.2. The van der Waals surface area contributed by atoms with Crippen molar-refractivity contribution in [3.05, 3.63) is 108 Å². The van der Waals surface area contributed by atoms with Crippen LogP contribution in [0.25, 0.3) is 34.7 Å². The van der Waals surface area contributed by atoms with Crippen molar-refractivity contribution < 1.29 is 33.4 Å². The minimum atomic E-state index is -4.94. The van der Waals surface area contributed by atoms with Crippen molar-refractivity contribution >= 4 is 17.8 Å². The Morgan fingerprint density at radius 3 is 1.46 bits per heavy atom. The number of nitrogens with zero attached hydrogens (tertiary/aromatic N) is 2. The lowest BCUT2D eigenvalue weighted by Gasteiger charge is -2.20. The number of pyridine rings is 1. The van der Waals surface area contributed by atoms with Crippen LogP contribution in [0.1, 0.15) is 25.0 Å². The normalized spacial score (nSPS) is 11.2. The maximum Gasteiger partial charge on any atom is 0.213 e. The molecule has 3 aromatic carbocycles. The molecule has 0 fully saturated rings. The van der Waals surface area contributed by atoms with Gasteiger partial charge in [0.2, 0.25) is 11.4 Å². The van der Waals surface area contributed by atoms with Crippen LogP contribution in [0.15, 0.2) is 97.1 Å². The summed E-state index contributed by atoms with van der Waals surface area (Å²) in [6, 6.07) is 34.5. The zero-order chi connectivity index (χ0) is 26.8. The van der Waals surface area contributed by atoms with Crippen molar-refractivity contribution in [3.8, 4) is 22.5 Å². The third kappa shape index (κ3) is 8.53. The molecule has 0 amide bonds. The number of anilines is 1. The molecule has 0 bridgehead atoms. The smallest absolute Gasteiger partial charge is 0.213 e. The number of hydrogen-bond donors (Lipinski definition) is 0. The minimum absolute atomic E-state index is 1.03. The van der Waals surface area contributed by atoms with Gasteiger partial charge in [0, 0.05) is 42.0 Å². The maximum absolute atomic E-state index is 8.49. The van der Waals surface area contributed by atoms with E-state index in [4.69, 9.17) is 18.6 Å². The molecule has 192 valence electrons. The Balaban J connectivity index is 0.000000695. The van der Waals surface area contributed by atoms with E-state index in [0.717, 1.165) is 13.1 Å². The molecule has 0 aliphatic heterocycles. The molecule has 7 heteroatoms. The molecule has 0 saturated heterocycles. The van der Waals surface area contributed by atoms with Gasteiger partial charge in [0.05, 0.1) is 0 Å². The standard InChI is InChI=1S/C30H31N2.ClHO4/c1-4-32(5-2)28-20-18-24(19-21-28)16-17-25-22-29(26-12-8-6-9-13-26)31(3)30(23-25)27-14-10-7-11-15-27;2-1(3,4)5/h6-23H,4-5H2,1-3H3;(H,2,3,4,5)/q+1;/p-1. The van der Waals surface area contributed by atoms with Crippen LogP contribution in [-0.4, -0.2) is 13.1 Å². The summed E-state index contributed by atoms with van der Waals surface area (Å²) in [5, 5.41) is 0. The van der Waals surface area contributed by atoms with Gasteiger partial charge in [0.15, 0.2) is 0 Å². The van der Waals surface area contributed by atoms with Gasteiger partial charge in [-0.25, -0.2) is 18.6 Å². The van der Waals surface area contributed by atoms with Crippen LogP contribution in [0.5, 0.6) is 0 Å². The molecule has 4 aromatic rings. The third-order valence-electron chi connectivity index (χ3n) is 5.96. The van der Waals surface area contributed by atoms with Crippen LogP contribution in [0.2, 0.25) is 0 Å². The quantitative estimate of drug-likeness (QED) is 0.349. The molecular weight excluding hydrogens is 488 g/mol. The molecule has 1 heterocycles. The summed E-state index contributed by atoms with van der Waals surface area (Å²) in [6.45, 7) is 6.44. The predicted octanol–water partition coefficient (Wildman–Crippen LogP) is 2.11. The van der Waals surface area contributed by atoms with Crippen LogP contribution < -0.4 is 28.1 Å². The van der Waals surface area contributed by atoms with Crippen LogP contribution in [0, 0.1) is 10.2 Å². The zero-order valence-corrected chi connectivity index (χ0v) is 22.0. The number of benzene rings is 3. The van der Waals surface area contributed by atoms with Gasteiger partial charge in [-0.15, -0.1) is 10.2 Å². The van der Waals surface area contributed by atoms with Crippen LogP contribution in [-0.2, 0) is 7.05 Å². The Morgan fingerprint density at radius 1 is 0.649 bits per heavy atom. The fourth-order valence-electron chi connectivity index (χ4n) is 4.13. The van der Waals surface area contributed by atoms with E-state index in [9.17, 15) is 0 Å². The summed E-state index contributed by atoms with van der Waals surface area (Å²) in [4.78, 5) is 2.36. The summed E-state index contributed by atoms with van der Waals surface area (Å²) < 4.78 is 36.3. The molecule has 1 aromatic heterocycles. The minimum Gasteiger partial charge on any atom is -0.372 e. The van der Waals surface area contributed by atoms with Crippen LogP contribution in [0.3, 0.4) is 0 Å². The van der Waals surface area contributed by atoms with Gasteiger partial charge in [-0.3, -0.25) is 0 Å². The van der Waals surface area contributed by atoms with Gasteiger partial charge < -0.3 is 4.90 Å². The monoisotopic (exact) mass is 518 g/mol. The second kappa shape index (κ2) is 13.1. The molecule has 0 spiro atoms. The molecule has 0 radical (unpaired) electrons. The molecule has 0 atom stereocenters. The van der Waals surface area contributed by atoms with Crippen LogP contribution in [0.4, 0.5) is 5.69 Å². The number of hydrogen-bond acceptors (Lipinski definition) is 5.